The van der Waals surface area contributed by atoms with E-state index in [1.807, 2.05) is 18.2 Å². The van der Waals surface area contributed by atoms with Crippen LogP contribution in [0.4, 0.5) is 28.8 Å². The van der Waals surface area contributed by atoms with Gasteiger partial charge in [-0.15, -0.1) is 0 Å². The zero-order chi connectivity index (χ0) is 19.7. The average molecular weight is 441 g/mol. The third-order valence-corrected chi connectivity index (χ3v) is 4.96. The Morgan fingerprint density at radius 3 is 2.89 bits per heavy atom. The molecule has 0 saturated carbocycles. The zero-order valence-electron chi connectivity index (χ0n) is 15.0. The summed E-state index contributed by atoms with van der Waals surface area (Å²) in [5.41, 5.74) is 2.98. The monoisotopic (exact) mass is 440 g/mol. The van der Waals surface area contributed by atoms with Crippen LogP contribution in [-0.2, 0) is 18.3 Å². The minimum atomic E-state index is -0.153. The topological polar surface area (TPSA) is 101 Å². The number of nitrogens with one attached hydrogen (secondary N) is 3. The maximum atomic E-state index is 12.2. The number of carbonyl (C=O) groups excluding carboxylic acids is 1. The number of anilines is 5. The van der Waals surface area contributed by atoms with Crippen LogP contribution in [0, 0.1) is 0 Å². The molecule has 142 valence electrons. The van der Waals surface area contributed by atoms with Gasteiger partial charge in [0.15, 0.2) is 5.82 Å². The highest BCUT2D eigenvalue weighted by molar-refractivity contribution is 9.10. The number of aromatic nitrogens is 3. The van der Waals surface area contributed by atoms with E-state index in [-0.39, 0.29) is 11.5 Å². The fraction of sp³-hybridized carbons (Fsp3) is 0.158. The van der Waals surface area contributed by atoms with Crippen LogP contribution in [-0.4, -0.2) is 20.4 Å². The van der Waals surface area contributed by atoms with Crippen molar-refractivity contribution in [1.29, 1.82) is 0 Å². The molecule has 1 aliphatic rings. The molecule has 9 heteroatoms. The SMILES string of the molecule is Cn1cccc(Nc2nc(Nc3ccc4c(c3)CCC(=O)N4)ncc2Br)c1=O. The van der Waals surface area contributed by atoms with Crippen molar-refractivity contribution in [1.82, 2.24) is 14.5 Å². The first-order valence-electron chi connectivity index (χ1n) is 8.64. The highest BCUT2D eigenvalue weighted by Gasteiger charge is 2.15. The summed E-state index contributed by atoms with van der Waals surface area (Å²) >= 11 is 3.41. The number of pyridine rings is 1. The third-order valence-electron chi connectivity index (χ3n) is 4.38. The van der Waals surface area contributed by atoms with Gasteiger partial charge in [0.05, 0.1) is 4.47 Å². The Morgan fingerprint density at radius 2 is 2.04 bits per heavy atom. The number of fused-ring (bicyclic) bond motifs is 1. The van der Waals surface area contributed by atoms with Crippen LogP contribution >= 0.6 is 15.9 Å². The molecule has 2 aromatic heterocycles. The van der Waals surface area contributed by atoms with Gasteiger partial charge in [-0.05, 0) is 58.2 Å². The van der Waals surface area contributed by atoms with Crippen LogP contribution in [0.2, 0.25) is 0 Å². The Kier molecular flexibility index (Phi) is 4.82. The summed E-state index contributed by atoms with van der Waals surface area (Å²) in [7, 11) is 1.69. The molecule has 4 rings (SSSR count). The second-order valence-electron chi connectivity index (χ2n) is 6.40. The number of hydrogen-bond donors (Lipinski definition) is 3. The molecule has 0 aliphatic carbocycles. The van der Waals surface area contributed by atoms with Crippen molar-refractivity contribution < 1.29 is 4.79 Å². The molecule has 8 nitrogen and oxygen atoms in total. The fourth-order valence-corrected chi connectivity index (χ4v) is 3.22. The molecule has 3 heterocycles. The smallest absolute Gasteiger partial charge is 0.274 e. The van der Waals surface area contributed by atoms with Crippen LogP contribution < -0.4 is 21.5 Å². The molecule has 3 N–H and O–H groups in total. The van der Waals surface area contributed by atoms with Crippen LogP contribution in [0.15, 0.2) is 52.0 Å². The Labute approximate surface area is 169 Å². The van der Waals surface area contributed by atoms with Crippen LogP contribution in [0.25, 0.3) is 0 Å². The predicted molar refractivity (Wildman–Crippen MR) is 111 cm³/mol. The summed E-state index contributed by atoms with van der Waals surface area (Å²) in [5, 5.41) is 9.07. The molecular weight excluding hydrogens is 424 g/mol. The quantitative estimate of drug-likeness (QED) is 0.575. The minimum absolute atomic E-state index is 0.0345. The number of halogens is 1. The van der Waals surface area contributed by atoms with Gasteiger partial charge in [-0.25, -0.2) is 4.98 Å². The Bertz CT molecular complexity index is 1130. The van der Waals surface area contributed by atoms with Crippen molar-refractivity contribution in [2.45, 2.75) is 12.8 Å². The molecule has 0 unspecified atom stereocenters. The second kappa shape index (κ2) is 7.43. The maximum absolute atomic E-state index is 12.2. The molecule has 3 aromatic rings. The fourth-order valence-electron chi connectivity index (χ4n) is 2.93. The van der Waals surface area contributed by atoms with Crippen molar-refractivity contribution in [3.05, 3.63) is 63.1 Å². The molecule has 0 spiro atoms. The van der Waals surface area contributed by atoms with Gasteiger partial charge < -0.3 is 20.5 Å². The first kappa shape index (κ1) is 18.2. The molecule has 0 radical (unpaired) electrons. The van der Waals surface area contributed by atoms with Crippen LogP contribution in [0.3, 0.4) is 0 Å². The van der Waals surface area contributed by atoms with Gasteiger partial charge in [-0.3, -0.25) is 9.59 Å². The standard InChI is InChI=1S/C19H17BrN6O2/c1-26-8-2-3-15(18(26)28)24-17-13(20)10-21-19(25-17)22-12-5-6-14-11(9-12)4-7-16(27)23-14/h2-3,5-6,8-10H,4,7H2,1H3,(H,23,27)(H2,21,22,24,25). The predicted octanol–water partition coefficient (Wildman–Crippen LogP) is 3.31. The summed E-state index contributed by atoms with van der Waals surface area (Å²) in [5.74, 6) is 0.900. The first-order valence-corrected chi connectivity index (χ1v) is 9.44. The summed E-state index contributed by atoms with van der Waals surface area (Å²) in [6.45, 7) is 0. The molecule has 0 atom stereocenters. The third kappa shape index (κ3) is 3.74. The van der Waals surface area contributed by atoms with Gasteiger partial charge in [0.2, 0.25) is 11.9 Å². The highest BCUT2D eigenvalue weighted by atomic mass is 79.9. The minimum Gasteiger partial charge on any atom is -0.335 e. The van der Waals surface area contributed by atoms with E-state index in [1.165, 1.54) is 4.57 Å². The molecule has 0 saturated heterocycles. The number of carbonyl (C=O) groups is 1. The zero-order valence-corrected chi connectivity index (χ0v) is 16.6. The molecule has 1 amide bonds. The average Bonchev–Trinajstić information content (AvgIpc) is 2.68. The lowest BCUT2D eigenvalue weighted by atomic mass is 10.0. The van der Waals surface area contributed by atoms with Gasteiger partial charge in [0.1, 0.15) is 5.69 Å². The van der Waals surface area contributed by atoms with Gasteiger partial charge >= 0.3 is 0 Å². The number of aryl methyl sites for hydroxylation is 2. The molecule has 1 aliphatic heterocycles. The van der Waals surface area contributed by atoms with E-state index in [9.17, 15) is 9.59 Å². The molecule has 0 fully saturated rings. The maximum Gasteiger partial charge on any atom is 0.274 e. The van der Waals surface area contributed by atoms with Crippen molar-refractivity contribution in [3.63, 3.8) is 0 Å². The van der Waals surface area contributed by atoms with Crippen molar-refractivity contribution in [2.24, 2.45) is 7.05 Å². The number of amides is 1. The lowest BCUT2D eigenvalue weighted by Gasteiger charge is -2.18. The molecule has 28 heavy (non-hydrogen) atoms. The van der Waals surface area contributed by atoms with Crippen molar-refractivity contribution in [3.8, 4) is 0 Å². The Balaban J connectivity index is 1.58. The van der Waals surface area contributed by atoms with Gasteiger partial charge in [0, 0.05) is 37.2 Å². The van der Waals surface area contributed by atoms with E-state index in [1.54, 1.807) is 31.6 Å². The normalized spacial score (nSPS) is 12.9. The van der Waals surface area contributed by atoms with Gasteiger partial charge in [0.25, 0.3) is 5.56 Å². The summed E-state index contributed by atoms with van der Waals surface area (Å²) in [4.78, 5) is 32.4. The van der Waals surface area contributed by atoms with E-state index in [0.717, 1.165) is 16.9 Å². The number of hydrogen-bond acceptors (Lipinski definition) is 6. The summed E-state index contributed by atoms with van der Waals surface area (Å²) < 4.78 is 2.12. The van der Waals surface area contributed by atoms with E-state index in [2.05, 4.69) is 41.8 Å². The van der Waals surface area contributed by atoms with Gasteiger partial charge in [-0.2, -0.15) is 4.98 Å². The van der Waals surface area contributed by atoms with Crippen molar-refractivity contribution >= 4 is 50.7 Å². The van der Waals surface area contributed by atoms with E-state index < -0.39 is 0 Å². The summed E-state index contributed by atoms with van der Waals surface area (Å²) in [6.07, 6.45) is 4.48. The second-order valence-corrected chi connectivity index (χ2v) is 7.25. The Hall–Kier alpha value is -3.20. The Morgan fingerprint density at radius 1 is 1.18 bits per heavy atom. The van der Waals surface area contributed by atoms with Crippen LogP contribution in [0.5, 0.6) is 0 Å². The highest BCUT2D eigenvalue weighted by Crippen LogP contribution is 2.28. The number of benzene rings is 1. The molecule has 0 bridgehead atoms. The van der Waals surface area contributed by atoms with Gasteiger partial charge in [-0.1, -0.05) is 0 Å². The largest absolute Gasteiger partial charge is 0.335 e. The summed E-state index contributed by atoms with van der Waals surface area (Å²) in [6, 6.07) is 9.17. The lowest BCUT2D eigenvalue weighted by molar-refractivity contribution is -0.116. The molecular formula is C19H17BrN6O2. The van der Waals surface area contributed by atoms with Crippen LogP contribution in [0.1, 0.15) is 12.0 Å². The van der Waals surface area contributed by atoms with Crippen molar-refractivity contribution in [2.75, 3.05) is 16.0 Å². The van der Waals surface area contributed by atoms with E-state index >= 15 is 0 Å². The van der Waals surface area contributed by atoms with E-state index in [0.29, 0.717) is 34.8 Å². The van der Waals surface area contributed by atoms with E-state index in [4.69, 9.17) is 0 Å². The number of nitrogens with zero attached hydrogens (tertiary/aromatic N) is 3. The lowest BCUT2D eigenvalue weighted by Crippen LogP contribution is -2.19. The first-order chi connectivity index (χ1) is 13.5. The molecule has 1 aromatic carbocycles. The number of rotatable bonds is 4.